The van der Waals surface area contributed by atoms with Gasteiger partial charge >= 0.3 is 0 Å². The Morgan fingerprint density at radius 2 is 2.00 bits per heavy atom. The van der Waals surface area contributed by atoms with Crippen LogP contribution in [0.4, 0.5) is 5.82 Å². The number of rotatable bonds is 1. The van der Waals surface area contributed by atoms with Gasteiger partial charge in [-0.2, -0.15) is 0 Å². The van der Waals surface area contributed by atoms with Crippen LogP contribution in [0.1, 0.15) is 11.1 Å². The second-order valence-corrected chi connectivity index (χ2v) is 3.50. The van der Waals surface area contributed by atoms with Gasteiger partial charge in [-0.1, -0.05) is 5.16 Å². The summed E-state index contributed by atoms with van der Waals surface area (Å²) in [7, 11) is 0. The maximum Gasteiger partial charge on any atom is 0.169 e. The van der Waals surface area contributed by atoms with Crippen molar-refractivity contribution in [1.29, 1.82) is 0 Å². The number of hydrogen-bond donors (Lipinski definition) is 2. The molecule has 2 rings (SSSR count). The van der Waals surface area contributed by atoms with Crippen molar-refractivity contribution < 1.29 is 9.63 Å². The first-order valence-corrected chi connectivity index (χ1v) is 4.61. The van der Waals surface area contributed by atoms with E-state index in [9.17, 15) is 5.11 Å². The monoisotopic (exact) mass is 204 g/mol. The minimum absolute atomic E-state index is 0.281. The molecule has 1 heterocycles. The highest BCUT2D eigenvalue weighted by Crippen LogP contribution is 2.30. The largest absolute Gasteiger partial charge is 0.508 e. The molecule has 0 unspecified atom stereocenters. The number of aromatic nitrogens is 1. The van der Waals surface area contributed by atoms with Crippen molar-refractivity contribution in [3.8, 4) is 17.1 Å². The second kappa shape index (κ2) is 3.31. The molecule has 0 bridgehead atoms. The van der Waals surface area contributed by atoms with E-state index in [0.717, 1.165) is 16.7 Å². The van der Waals surface area contributed by atoms with Crippen molar-refractivity contribution in [2.24, 2.45) is 0 Å². The number of phenolic OH excluding ortho intramolecular Hbond substituents is 1. The first-order valence-electron chi connectivity index (χ1n) is 4.61. The minimum atomic E-state index is 0.281. The van der Waals surface area contributed by atoms with E-state index in [1.165, 1.54) is 0 Å². The molecule has 78 valence electrons. The molecule has 0 atom stereocenters. The third-order valence-corrected chi connectivity index (χ3v) is 2.55. The molecule has 0 saturated heterocycles. The van der Waals surface area contributed by atoms with Gasteiger partial charge in [0, 0.05) is 11.6 Å². The predicted octanol–water partition coefficient (Wildman–Crippen LogP) is 2.25. The van der Waals surface area contributed by atoms with E-state index in [2.05, 4.69) is 5.16 Å². The highest BCUT2D eigenvalue weighted by molar-refractivity contribution is 5.67. The number of anilines is 1. The van der Waals surface area contributed by atoms with Crippen molar-refractivity contribution in [3.05, 3.63) is 29.3 Å². The Morgan fingerprint density at radius 3 is 2.60 bits per heavy atom. The smallest absolute Gasteiger partial charge is 0.169 e. The van der Waals surface area contributed by atoms with Crippen molar-refractivity contribution in [3.63, 3.8) is 0 Å². The van der Waals surface area contributed by atoms with Crippen LogP contribution in [0.2, 0.25) is 0 Å². The molecular weight excluding hydrogens is 192 g/mol. The quantitative estimate of drug-likeness (QED) is 0.747. The Bertz CT molecular complexity index is 503. The van der Waals surface area contributed by atoms with E-state index < -0.39 is 0 Å². The van der Waals surface area contributed by atoms with Gasteiger partial charge in [-0.3, -0.25) is 0 Å². The fraction of sp³-hybridized carbons (Fsp3) is 0.182. The van der Waals surface area contributed by atoms with Crippen LogP contribution in [0, 0.1) is 13.8 Å². The number of nitrogen functional groups attached to an aromatic ring is 1. The summed E-state index contributed by atoms with van der Waals surface area (Å²) in [5.41, 5.74) is 8.18. The molecule has 0 amide bonds. The summed E-state index contributed by atoms with van der Waals surface area (Å²) in [5.74, 6) is 1.26. The lowest BCUT2D eigenvalue weighted by atomic mass is 10.0. The lowest BCUT2D eigenvalue weighted by Gasteiger charge is -2.06. The van der Waals surface area contributed by atoms with Crippen LogP contribution in [0.5, 0.6) is 5.75 Å². The molecule has 1 aromatic carbocycles. The Kier molecular flexibility index (Phi) is 2.11. The van der Waals surface area contributed by atoms with Crippen molar-refractivity contribution in [2.45, 2.75) is 13.8 Å². The molecular formula is C11H12N2O2. The average molecular weight is 204 g/mol. The number of aromatic hydroxyl groups is 1. The number of phenols is 1. The predicted molar refractivity (Wildman–Crippen MR) is 57.5 cm³/mol. The van der Waals surface area contributed by atoms with Crippen LogP contribution in [-0.2, 0) is 0 Å². The Balaban J connectivity index is 2.59. The lowest BCUT2D eigenvalue weighted by molar-refractivity contribution is 0.435. The molecule has 2 aromatic rings. The summed E-state index contributed by atoms with van der Waals surface area (Å²) in [6.07, 6.45) is 0. The van der Waals surface area contributed by atoms with E-state index in [0.29, 0.717) is 11.6 Å². The number of nitrogens with two attached hydrogens (primary N) is 1. The molecule has 1 aromatic heterocycles. The molecule has 0 fully saturated rings. The number of hydrogen-bond acceptors (Lipinski definition) is 4. The summed E-state index contributed by atoms with van der Waals surface area (Å²) in [5, 5.41) is 13.1. The van der Waals surface area contributed by atoms with Gasteiger partial charge in [0.05, 0.1) is 0 Å². The lowest BCUT2D eigenvalue weighted by Crippen LogP contribution is -1.86. The summed E-state index contributed by atoms with van der Waals surface area (Å²) >= 11 is 0. The Morgan fingerprint density at radius 1 is 1.27 bits per heavy atom. The molecule has 15 heavy (non-hydrogen) atoms. The van der Waals surface area contributed by atoms with Crippen LogP contribution in [0.15, 0.2) is 22.7 Å². The molecule has 0 aliphatic rings. The van der Waals surface area contributed by atoms with E-state index in [4.69, 9.17) is 10.3 Å². The van der Waals surface area contributed by atoms with Crippen LogP contribution in [0.3, 0.4) is 0 Å². The van der Waals surface area contributed by atoms with Crippen molar-refractivity contribution in [1.82, 2.24) is 5.16 Å². The topological polar surface area (TPSA) is 72.3 Å². The highest BCUT2D eigenvalue weighted by Gasteiger charge is 2.11. The minimum Gasteiger partial charge on any atom is -0.508 e. The van der Waals surface area contributed by atoms with Gasteiger partial charge in [0.2, 0.25) is 0 Å². The van der Waals surface area contributed by atoms with Gasteiger partial charge in [0.25, 0.3) is 0 Å². The summed E-state index contributed by atoms with van der Waals surface area (Å²) in [6.45, 7) is 3.77. The van der Waals surface area contributed by atoms with Crippen LogP contribution in [0.25, 0.3) is 11.3 Å². The van der Waals surface area contributed by atoms with Gasteiger partial charge in [-0.25, -0.2) is 0 Å². The van der Waals surface area contributed by atoms with Gasteiger partial charge < -0.3 is 15.4 Å². The third-order valence-electron chi connectivity index (χ3n) is 2.55. The molecule has 3 N–H and O–H groups in total. The van der Waals surface area contributed by atoms with Gasteiger partial charge in [-0.15, -0.1) is 0 Å². The average Bonchev–Trinajstić information content (AvgIpc) is 2.61. The number of benzene rings is 1. The summed E-state index contributed by atoms with van der Waals surface area (Å²) in [4.78, 5) is 0. The first kappa shape index (κ1) is 9.58. The van der Waals surface area contributed by atoms with Crippen molar-refractivity contribution >= 4 is 5.82 Å². The van der Waals surface area contributed by atoms with Crippen LogP contribution >= 0.6 is 0 Å². The van der Waals surface area contributed by atoms with E-state index in [-0.39, 0.29) is 5.75 Å². The van der Waals surface area contributed by atoms with Crippen LogP contribution < -0.4 is 5.73 Å². The summed E-state index contributed by atoms with van der Waals surface area (Å²) < 4.78 is 5.07. The Hall–Kier alpha value is -1.97. The molecule has 0 saturated carbocycles. The zero-order valence-corrected chi connectivity index (χ0v) is 8.61. The van der Waals surface area contributed by atoms with E-state index in [1.807, 2.05) is 13.8 Å². The molecule has 4 heteroatoms. The fourth-order valence-corrected chi connectivity index (χ4v) is 1.49. The molecule has 0 radical (unpaired) electrons. The molecule has 0 spiro atoms. The van der Waals surface area contributed by atoms with Crippen molar-refractivity contribution in [2.75, 3.05) is 5.73 Å². The van der Waals surface area contributed by atoms with Gasteiger partial charge in [0.15, 0.2) is 11.6 Å². The molecule has 0 aliphatic carbocycles. The first-order chi connectivity index (χ1) is 7.09. The standard InChI is InChI=1S/C11H12N2O2/c1-6-7(2)9(14)4-3-8(6)10-5-11(12)13-15-10/h3-5,14H,1-2H3,(H2,12,13). The second-order valence-electron chi connectivity index (χ2n) is 3.50. The third kappa shape index (κ3) is 1.54. The maximum absolute atomic E-state index is 9.51. The van der Waals surface area contributed by atoms with E-state index >= 15 is 0 Å². The zero-order valence-electron chi connectivity index (χ0n) is 8.61. The normalized spacial score (nSPS) is 10.5. The van der Waals surface area contributed by atoms with Gasteiger partial charge in [0.1, 0.15) is 5.75 Å². The van der Waals surface area contributed by atoms with Crippen LogP contribution in [-0.4, -0.2) is 10.3 Å². The molecule has 0 aliphatic heterocycles. The maximum atomic E-state index is 9.51. The zero-order chi connectivity index (χ0) is 11.0. The highest BCUT2D eigenvalue weighted by atomic mass is 16.5. The van der Waals surface area contributed by atoms with E-state index in [1.54, 1.807) is 18.2 Å². The fourth-order valence-electron chi connectivity index (χ4n) is 1.49. The molecule has 4 nitrogen and oxygen atoms in total. The number of nitrogens with zero attached hydrogens (tertiary/aromatic N) is 1. The van der Waals surface area contributed by atoms with Gasteiger partial charge in [-0.05, 0) is 37.1 Å². The summed E-state index contributed by atoms with van der Waals surface area (Å²) in [6, 6.07) is 5.09. The SMILES string of the molecule is Cc1c(O)ccc(-c2cc(N)no2)c1C. The Labute approximate surface area is 87.3 Å².